The van der Waals surface area contributed by atoms with Crippen LogP contribution in [0.5, 0.6) is 0 Å². The Labute approximate surface area is 125 Å². The van der Waals surface area contributed by atoms with Crippen LogP contribution in [-0.2, 0) is 9.53 Å². The number of hydrogen-bond donors (Lipinski definition) is 0. The van der Waals surface area contributed by atoms with Crippen molar-refractivity contribution >= 4 is 5.97 Å². The standard InChI is InChI=1S/C18H19NO2/c20-17-18(10-12-21-17)15(13-19-11-4-7-16(18)19)9-8-14-5-2-1-3-6-14/h1-3,5-6,15-16H,4,7,10-13H2/t15-,16+,18-/m1/s1. The van der Waals surface area contributed by atoms with Gasteiger partial charge in [0.2, 0.25) is 0 Å². The molecule has 1 aromatic rings. The first-order valence-electron chi connectivity index (χ1n) is 7.78. The zero-order valence-electron chi connectivity index (χ0n) is 12.0. The Hall–Kier alpha value is -1.79. The summed E-state index contributed by atoms with van der Waals surface area (Å²) < 4.78 is 5.35. The summed E-state index contributed by atoms with van der Waals surface area (Å²) >= 11 is 0. The van der Waals surface area contributed by atoms with Crippen molar-refractivity contribution in [1.29, 1.82) is 0 Å². The van der Waals surface area contributed by atoms with E-state index in [-0.39, 0.29) is 17.3 Å². The predicted octanol–water partition coefficient (Wildman–Crippen LogP) is 2.07. The summed E-state index contributed by atoms with van der Waals surface area (Å²) in [6, 6.07) is 10.4. The number of nitrogens with zero attached hydrogens (tertiary/aromatic N) is 1. The Bertz CT molecular complexity index is 615. The normalized spacial score (nSPS) is 34.6. The van der Waals surface area contributed by atoms with Gasteiger partial charge in [-0.2, -0.15) is 0 Å². The molecule has 3 aliphatic rings. The number of benzene rings is 1. The monoisotopic (exact) mass is 281 g/mol. The lowest BCUT2D eigenvalue weighted by Crippen LogP contribution is -2.41. The van der Waals surface area contributed by atoms with E-state index in [4.69, 9.17) is 4.74 Å². The molecule has 0 bridgehead atoms. The maximum Gasteiger partial charge on any atom is 0.315 e. The highest BCUT2D eigenvalue weighted by atomic mass is 16.5. The summed E-state index contributed by atoms with van der Waals surface area (Å²) in [6.07, 6.45) is 3.14. The van der Waals surface area contributed by atoms with Crippen molar-refractivity contribution in [2.24, 2.45) is 11.3 Å². The van der Waals surface area contributed by atoms with Crippen molar-refractivity contribution in [3.8, 4) is 11.8 Å². The minimum Gasteiger partial charge on any atom is -0.465 e. The molecule has 1 spiro atoms. The van der Waals surface area contributed by atoms with Crippen molar-refractivity contribution < 1.29 is 9.53 Å². The summed E-state index contributed by atoms with van der Waals surface area (Å²) in [6.45, 7) is 2.58. The van der Waals surface area contributed by atoms with E-state index >= 15 is 0 Å². The van der Waals surface area contributed by atoms with Gasteiger partial charge in [-0.15, -0.1) is 0 Å². The molecule has 0 aromatic heterocycles. The highest BCUT2D eigenvalue weighted by molar-refractivity contribution is 5.81. The fourth-order valence-electron chi connectivity index (χ4n) is 4.29. The van der Waals surface area contributed by atoms with Gasteiger partial charge in [0, 0.05) is 24.6 Å². The van der Waals surface area contributed by atoms with E-state index in [9.17, 15) is 4.79 Å². The molecule has 1 aromatic carbocycles. The quantitative estimate of drug-likeness (QED) is 0.538. The van der Waals surface area contributed by atoms with Crippen molar-refractivity contribution in [3.63, 3.8) is 0 Å². The van der Waals surface area contributed by atoms with Gasteiger partial charge >= 0.3 is 5.97 Å². The molecule has 3 fully saturated rings. The molecule has 3 saturated heterocycles. The number of hydrogen-bond acceptors (Lipinski definition) is 3. The van der Waals surface area contributed by atoms with E-state index in [1.807, 2.05) is 30.3 Å². The van der Waals surface area contributed by atoms with Gasteiger partial charge in [-0.1, -0.05) is 30.0 Å². The molecular formula is C18H19NO2. The summed E-state index contributed by atoms with van der Waals surface area (Å²) in [5.74, 6) is 6.76. The Balaban J connectivity index is 1.68. The first kappa shape index (κ1) is 12.9. The van der Waals surface area contributed by atoms with Crippen LogP contribution in [-0.4, -0.2) is 36.6 Å². The highest BCUT2D eigenvalue weighted by Gasteiger charge is 2.62. The van der Waals surface area contributed by atoms with Crippen LogP contribution in [0, 0.1) is 23.2 Å². The van der Waals surface area contributed by atoms with Crippen LogP contribution < -0.4 is 0 Å². The molecule has 108 valence electrons. The van der Waals surface area contributed by atoms with Gasteiger partial charge in [-0.25, -0.2) is 0 Å². The third-order valence-electron chi connectivity index (χ3n) is 5.29. The van der Waals surface area contributed by atoms with E-state index in [0.29, 0.717) is 12.6 Å². The fourth-order valence-corrected chi connectivity index (χ4v) is 4.29. The summed E-state index contributed by atoms with van der Waals surface area (Å²) in [5.41, 5.74) is 0.657. The Kier molecular flexibility index (Phi) is 3.01. The number of esters is 1. The van der Waals surface area contributed by atoms with Crippen molar-refractivity contribution in [2.75, 3.05) is 19.7 Å². The van der Waals surface area contributed by atoms with Crippen LogP contribution in [0.25, 0.3) is 0 Å². The van der Waals surface area contributed by atoms with Crippen LogP contribution in [0.2, 0.25) is 0 Å². The number of rotatable bonds is 0. The van der Waals surface area contributed by atoms with E-state index in [1.54, 1.807) is 0 Å². The van der Waals surface area contributed by atoms with Gasteiger partial charge in [0.05, 0.1) is 12.5 Å². The highest BCUT2D eigenvalue weighted by Crippen LogP contribution is 2.51. The number of carbonyl (C=O) groups excluding carboxylic acids is 1. The summed E-state index contributed by atoms with van der Waals surface area (Å²) in [5, 5.41) is 0. The zero-order chi connectivity index (χ0) is 14.3. The molecule has 3 heteroatoms. The maximum absolute atomic E-state index is 12.4. The molecule has 21 heavy (non-hydrogen) atoms. The lowest BCUT2D eigenvalue weighted by atomic mass is 9.71. The third kappa shape index (κ3) is 1.90. The number of carbonyl (C=O) groups is 1. The molecule has 0 N–H and O–H groups in total. The first-order chi connectivity index (χ1) is 10.3. The van der Waals surface area contributed by atoms with Gasteiger partial charge < -0.3 is 4.74 Å². The van der Waals surface area contributed by atoms with Gasteiger partial charge in [-0.05, 0) is 31.5 Å². The Morgan fingerprint density at radius 1 is 1.29 bits per heavy atom. The molecule has 3 atom stereocenters. The van der Waals surface area contributed by atoms with Gasteiger partial charge in [0.1, 0.15) is 5.41 Å². The van der Waals surface area contributed by atoms with Crippen molar-refractivity contribution in [1.82, 2.24) is 4.90 Å². The Morgan fingerprint density at radius 3 is 2.90 bits per heavy atom. The molecule has 0 amide bonds. The molecule has 0 unspecified atom stereocenters. The first-order valence-corrected chi connectivity index (χ1v) is 7.78. The van der Waals surface area contributed by atoms with Crippen LogP contribution in [0.15, 0.2) is 30.3 Å². The van der Waals surface area contributed by atoms with Gasteiger partial charge in [0.25, 0.3) is 0 Å². The van der Waals surface area contributed by atoms with E-state index in [1.165, 1.54) is 6.42 Å². The lowest BCUT2D eigenvalue weighted by molar-refractivity contribution is -0.148. The average Bonchev–Trinajstić information content (AvgIpc) is 3.17. The van der Waals surface area contributed by atoms with E-state index < -0.39 is 0 Å². The number of fused-ring (bicyclic) bond motifs is 2. The molecule has 0 saturated carbocycles. The van der Waals surface area contributed by atoms with Crippen molar-refractivity contribution in [3.05, 3.63) is 35.9 Å². The maximum atomic E-state index is 12.4. The van der Waals surface area contributed by atoms with Crippen LogP contribution in [0.1, 0.15) is 24.8 Å². The third-order valence-corrected chi connectivity index (χ3v) is 5.29. The second-order valence-electron chi connectivity index (χ2n) is 6.27. The average molecular weight is 281 g/mol. The lowest BCUT2D eigenvalue weighted by Gasteiger charge is -2.28. The Morgan fingerprint density at radius 2 is 2.14 bits per heavy atom. The van der Waals surface area contributed by atoms with E-state index in [0.717, 1.165) is 31.5 Å². The summed E-state index contributed by atoms with van der Waals surface area (Å²) in [7, 11) is 0. The molecule has 0 radical (unpaired) electrons. The predicted molar refractivity (Wildman–Crippen MR) is 79.4 cm³/mol. The second-order valence-corrected chi connectivity index (χ2v) is 6.27. The largest absolute Gasteiger partial charge is 0.465 e. The van der Waals surface area contributed by atoms with Crippen LogP contribution >= 0.6 is 0 Å². The van der Waals surface area contributed by atoms with Gasteiger partial charge in [-0.3, -0.25) is 9.69 Å². The summed E-state index contributed by atoms with van der Waals surface area (Å²) in [4.78, 5) is 14.9. The zero-order valence-corrected chi connectivity index (χ0v) is 12.0. The number of cyclic esters (lactones) is 1. The minimum absolute atomic E-state index is 0.00994. The van der Waals surface area contributed by atoms with Gasteiger partial charge in [0.15, 0.2) is 0 Å². The molecule has 3 aliphatic heterocycles. The fraction of sp³-hybridized carbons (Fsp3) is 0.500. The molecule has 3 heterocycles. The van der Waals surface area contributed by atoms with Crippen molar-refractivity contribution in [2.45, 2.75) is 25.3 Å². The topological polar surface area (TPSA) is 29.5 Å². The van der Waals surface area contributed by atoms with Crippen LogP contribution in [0.3, 0.4) is 0 Å². The minimum atomic E-state index is -0.363. The smallest absolute Gasteiger partial charge is 0.315 e. The molecular weight excluding hydrogens is 262 g/mol. The molecule has 3 nitrogen and oxygen atoms in total. The second kappa shape index (κ2) is 4.89. The molecule has 4 rings (SSSR count). The number of ether oxygens (including phenoxy) is 1. The molecule has 0 aliphatic carbocycles. The SMILES string of the molecule is O=C1OCC[C@]12[C@H](C#Cc1ccccc1)CN1CCC[C@H]12. The van der Waals surface area contributed by atoms with Crippen LogP contribution in [0.4, 0.5) is 0 Å². The van der Waals surface area contributed by atoms with E-state index in [2.05, 4.69) is 16.7 Å².